The van der Waals surface area contributed by atoms with Crippen LogP contribution in [0.4, 0.5) is 10.2 Å². The lowest BCUT2D eigenvalue weighted by atomic mass is 9.98. The van der Waals surface area contributed by atoms with E-state index in [1.54, 1.807) is 6.07 Å². The number of aromatic nitrogens is 1. The van der Waals surface area contributed by atoms with Crippen LogP contribution in [0.3, 0.4) is 0 Å². The van der Waals surface area contributed by atoms with E-state index >= 15 is 0 Å². The molecule has 0 amide bonds. The first-order valence-electron chi connectivity index (χ1n) is 6.44. The van der Waals surface area contributed by atoms with Crippen molar-refractivity contribution in [2.24, 2.45) is 5.92 Å². The van der Waals surface area contributed by atoms with Gasteiger partial charge in [0.1, 0.15) is 11.6 Å². The van der Waals surface area contributed by atoms with Gasteiger partial charge in [-0.2, -0.15) is 0 Å². The van der Waals surface area contributed by atoms with Gasteiger partial charge in [-0.3, -0.25) is 4.79 Å². The smallest absolute Gasteiger partial charge is 0.317 e. The maximum Gasteiger partial charge on any atom is 0.317 e. The molecule has 0 aromatic carbocycles. The Kier molecular flexibility index (Phi) is 4.68. The van der Waals surface area contributed by atoms with Crippen LogP contribution in [0.15, 0.2) is 18.3 Å². The van der Waals surface area contributed by atoms with E-state index in [1.165, 1.54) is 12.3 Å². The van der Waals surface area contributed by atoms with Gasteiger partial charge in [0.15, 0.2) is 0 Å². The third-order valence-electron chi connectivity index (χ3n) is 3.26. The van der Waals surface area contributed by atoms with E-state index < -0.39 is 5.97 Å². The normalized spacial score (nSPS) is 19.4. The Morgan fingerprint density at radius 3 is 3.11 bits per heavy atom. The quantitative estimate of drug-likeness (QED) is 0.836. The van der Waals surface area contributed by atoms with Crippen molar-refractivity contribution in [2.45, 2.75) is 12.8 Å². The molecule has 1 aromatic heterocycles. The summed E-state index contributed by atoms with van der Waals surface area (Å²) in [6.45, 7) is 2.41. The Labute approximate surface area is 111 Å². The minimum atomic E-state index is -0.840. The van der Waals surface area contributed by atoms with Gasteiger partial charge >= 0.3 is 5.97 Å². The number of hydrogen-bond acceptors (Lipinski definition) is 4. The van der Waals surface area contributed by atoms with Crippen molar-refractivity contribution in [3.05, 3.63) is 24.1 Å². The van der Waals surface area contributed by atoms with Gasteiger partial charge < -0.3 is 15.3 Å². The van der Waals surface area contributed by atoms with Crippen LogP contribution in [-0.4, -0.2) is 42.2 Å². The fourth-order valence-electron chi connectivity index (χ4n) is 2.38. The first-order chi connectivity index (χ1) is 9.15. The molecule has 104 valence electrons. The van der Waals surface area contributed by atoms with Crippen LogP contribution in [0.2, 0.25) is 0 Å². The molecule has 2 rings (SSSR count). The Hall–Kier alpha value is -1.69. The molecule has 2 heterocycles. The third kappa shape index (κ3) is 4.17. The topological polar surface area (TPSA) is 65.5 Å². The van der Waals surface area contributed by atoms with Gasteiger partial charge in [0, 0.05) is 19.6 Å². The van der Waals surface area contributed by atoms with E-state index in [1.807, 2.05) is 0 Å². The van der Waals surface area contributed by atoms with Crippen LogP contribution in [-0.2, 0) is 4.79 Å². The van der Waals surface area contributed by atoms with Gasteiger partial charge in [-0.05, 0) is 30.9 Å². The zero-order valence-corrected chi connectivity index (χ0v) is 10.7. The number of halogens is 1. The minimum absolute atomic E-state index is 0.00863. The predicted octanol–water partition coefficient (Wildman–Crippen LogP) is 1.11. The third-order valence-corrected chi connectivity index (χ3v) is 3.26. The summed E-state index contributed by atoms with van der Waals surface area (Å²) in [5.74, 6) is 0.0117. The molecular weight excluding hydrogens is 249 g/mol. The number of anilines is 1. The van der Waals surface area contributed by atoms with Gasteiger partial charge in [0.05, 0.1) is 12.7 Å². The molecule has 5 nitrogen and oxygen atoms in total. The van der Waals surface area contributed by atoms with Gasteiger partial charge in [0.2, 0.25) is 0 Å². The van der Waals surface area contributed by atoms with E-state index in [0.717, 1.165) is 31.7 Å². The van der Waals surface area contributed by atoms with Crippen LogP contribution in [0.1, 0.15) is 12.8 Å². The summed E-state index contributed by atoms with van der Waals surface area (Å²) in [5, 5.41) is 11.5. The standard InChI is InChI=1S/C13H18FN3O2/c14-11-3-4-12(16-7-11)17-5-1-2-10(9-17)6-15-8-13(18)19/h3-4,7,10,15H,1-2,5-6,8-9H2,(H,18,19). The van der Waals surface area contributed by atoms with E-state index in [4.69, 9.17) is 5.11 Å². The van der Waals surface area contributed by atoms with Crippen LogP contribution in [0.5, 0.6) is 0 Å². The van der Waals surface area contributed by atoms with Crippen molar-refractivity contribution < 1.29 is 14.3 Å². The molecule has 2 N–H and O–H groups in total. The molecule has 1 aliphatic heterocycles. The van der Waals surface area contributed by atoms with E-state index in [0.29, 0.717) is 12.5 Å². The number of aliphatic carboxylic acids is 1. The van der Waals surface area contributed by atoms with Crippen LogP contribution in [0, 0.1) is 11.7 Å². The summed E-state index contributed by atoms with van der Waals surface area (Å²) < 4.78 is 12.8. The Morgan fingerprint density at radius 1 is 1.58 bits per heavy atom. The predicted molar refractivity (Wildman–Crippen MR) is 69.6 cm³/mol. The maximum atomic E-state index is 12.8. The second-order valence-corrected chi connectivity index (χ2v) is 4.81. The van der Waals surface area contributed by atoms with Crippen LogP contribution < -0.4 is 10.2 Å². The molecule has 1 atom stereocenters. The summed E-state index contributed by atoms with van der Waals surface area (Å²) in [4.78, 5) is 16.6. The fourth-order valence-corrected chi connectivity index (χ4v) is 2.38. The first-order valence-corrected chi connectivity index (χ1v) is 6.44. The number of piperidine rings is 1. The van der Waals surface area contributed by atoms with Crippen molar-refractivity contribution >= 4 is 11.8 Å². The first kappa shape index (κ1) is 13.7. The van der Waals surface area contributed by atoms with Crippen LogP contribution >= 0.6 is 0 Å². The SMILES string of the molecule is O=C(O)CNCC1CCCN(c2ccc(F)cn2)C1. The summed E-state index contributed by atoms with van der Waals surface area (Å²) >= 11 is 0. The zero-order chi connectivity index (χ0) is 13.7. The second kappa shape index (κ2) is 6.47. The lowest BCUT2D eigenvalue weighted by Crippen LogP contribution is -2.40. The number of nitrogens with zero attached hydrogens (tertiary/aromatic N) is 2. The average molecular weight is 267 g/mol. The largest absolute Gasteiger partial charge is 0.480 e. The molecule has 0 bridgehead atoms. The molecule has 1 aliphatic rings. The minimum Gasteiger partial charge on any atom is -0.480 e. The zero-order valence-electron chi connectivity index (χ0n) is 10.7. The number of carboxylic acids is 1. The summed E-state index contributed by atoms with van der Waals surface area (Å²) in [7, 11) is 0. The van der Waals surface area contributed by atoms with Crippen LogP contribution in [0.25, 0.3) is 0 Å². The second-order valence-electron chi connectivity index (χ2n) is 4.81. The molecule has 0 radical (unpaired) electrons. The number of hydrogen-bond donors (Lipinski definition) is 2. The van der Waals surface area contributed by atoms with Crippen molar-refractivity contribution in [3.63, 3.8) is 0 Å². The van der Waals surface area contributed by atoms with Crippen molar-refractivity contribution in [1.29, 1.82) is 0 Å². The summed E-state index contributed by atoms with van der Waals surface area (Å²) in [6, 6.07) is 3.09. The van der Waals surface area contributed by atoms with Crippen molar-refractivity contribution in [2.75, 3.05) is 31.1 Å². The highest BCUT2D eigenvalue weighted by atomic mass is 19.1. The number of carbonyl (C=O) groups is 1. The monoisotopic (exact) mass is 267 g/mol. The lowest BCUT2D eigenvalue weighted by molar-refractivity contribution is -0.136. The number of nitrogens with one attached hydrogen (secondary N) is 1. The van der Waals surface area contributed by atoms with Crippen molar-refractivity contribution in [3.8, 4) is 0 Å². The summed E-state index contributed by atoms with van der Waals surface area (Å²) in [6.07, 6.45) is 3.34. The molecule has 1 aromatic rings. The highest BCUT2D eigenvalue weighted by Gasteiger charge is 2.20. The number of pyridine rings is 1. The molecular formula is C13H18FN3O2. The molecule has 0 saturated carbocycles. The molecule has 1 saturated heterocycles. The van der Waals surface area contributed by atoms with Gasteiger partial charge in [0.25, 0.3) is 0 Å². The Balaban J connectivity index is 1.86. The van der Waals surface area contributed by atoms with Gasteiger partial charge in [-0.1, -0.05) is 0 Å². The van der Waals surface area contributed by atoms with E-state index in [-0.39, 0.29) is 12.4 Å². The molecule has 1 unspecified atom stereocenters. The Morgan fingerprint density at radius 2 is 2.42 bits per heavy atom. The highest BCUT2D eigenvalue weighted by Crippen LogP contribution is 2.21. The fraction of sp³-hybridized carbons (Fsp3) is 0.538. The van der Waals surface area contributed by atoms with Gasteiger partial charge in [-0.15, -0.1) is 0 Å². The lowest BCUT2D eigenvalue weighted by Gasteiger charge is -2.33. The molecule has 19 heavy (non-hydrogen) atoms. The van der Waals surface area contributed by atoms with E-state index in [2.05, 4.69) is 15.2 Å². The van der Waals surface area contributed by atoms with Crippen molar-refractivity contribution in [1.82, 2.24) is 10.3 Å². The number of rotatable bonds is 5. The maximum absolute atomic E-state index is 12.8. The molecule has 0 aliphatic carbocycles. The van der Waals surface area contributed by atoms with E-state index in [9.17, 15) is 9.18 Å². The molecule has 6 heteroatoms. The molecule has 1 fully saturated rings. The summed E-state index contributed by atoms with van der Waals surface area (Å²) in [5.41, 5.74) is 0. The number of carboxylic acid groups (broad SMARTS) is 1. The van der Waals surface area contributed by atoms with Gasteiger partial charge in [-0.25, -0.2) is 9.37 Å². The Bertz CT molecular complexity index is 424. The molecule has 0 spiro atoms. The highest BCUT2D eigenvalue weighted by molar-refractivity contribution is 5.68. The average Bonchev–Trinajstić information content (AvgIpc) is 2.39.